The van der Waals surface area contributed by atoms with Crippen LogP contribution in [0.4, 0.5) is 0 Å². The minimum absolute atomic E-state index is 0.983. The molecule has 1 heterocycles. The van der Waals surface area contributed by atoms with Crippen molar-refractivity contribution < 1.29 is 0 Å². The fourth-order valence-corrected chi connectivity index (χ4v) is 0.995. The number of rotatable bonds is 2. The standard InChI is InChI=1S/C7H6NS/c1-2-3-4-7-8-5-6-9-7/h1-6H/b2-1?,4-3+. The molecule has 9 heavy (non-hydrogen) atoms. The van der Waals surface area contributed by atoms with Crippen molar-refractivity contribution in [3.63, 3.8) is 0 Å². The number of hydrogen-bond donors (Lipinski definition) is 0. The van der Waals surface area contributed by atoms with E-state index in [1.807, 2.05) is 11.5 Å². The topological polar surface area (TPSA) is 12.9 Å². The second-order valence-corrected chi connectivity index (χ2v) is 2.35. The van der Waals surface area contributed by atoms with Gasteiger partial charge in [0, 0.05) is 11.6 Å². The van der Waals surface area contributed by atoms with E-state index in [9.17, 15) is 0 Å². The van der Waals surface area contributed by atoms with Crippen LogP contribution < -0.4 is 0 Å². The lowest BCUT2D eigenvalue weighted by Gasteiger charge is -1.74. The molecule has 0 unspecified atom stereocenters. The van der Waals surface area contributed by atoms with Gasteiger partial charge in [-0.3, -0.25) is 0 Å². The summed E-state index contributed by atoms with van der Waals surface area (Å²) in [6.07, 6.45) is 6.88. The summed E-state index contributed by atoms with van der Waals surface area (Å²) in [5.74, 6) is 0. The van der Waals surface area contributed by atoms with Gasteiger partial charge in [0.15, 0.2) is 0 Å². The maximum atomic E-state index is 5.11. The van der Waals surface area contributed by atoms with E-state index < -0.39 is 0 Å². The molecular weight excluding hydrogens is 130 g/mol. The Bertz CT molecular complexity index is 199. The van der Waals surface area contributed by atoms with Crippen molar-refractivity contribution >= 4 is 17.4 Å². The fraction of sp³-hybridized carbons (Fsp3) is 0. The Morgan fingerprint density at radius 2 is 2.56 bits per heavy atom. The molecular formula is C7H6NS. The zero-order valence-electron chi connectivity index (χ0n) is 4.82. The molecule has 0 aliphatic rings. The summed E-state index contributed by atoms with van der Waals surface area (Å²) in [4.78, 5) is 4.01. The highest BCUT2D eigenvalue weighted by Gasteiger charge is 1.82. The van der Waals surface area contributed by atoms with E-state index in [2.05, 4.69) is 4.98 Å². The van der Waals surface area contributed by atoms with Gasteiger partial charge in [-0.05, 0) is 6.08 Å². The predicted molar refractivity (Wildman–Crippen MR) is 40.0 cm³/mol. The lowest BCUT2D eigenvalue weighted by molar-refractivity contribution is 1.39. The van der Waals surface area contributed by atoms with E-state index in [-0.39, 0.29) is 0 Å². The van der Waals surface area contributed by atoms with Crippen LogP contribution in [0.15, 0.2) is 23.7 Å². The predicted octanol–water partition coefficient (Wildman–Crippen LogP) is 2.15. The molecule has 0 fully saturated rings. The second-order valence-electron chi connectivity index (χ2n) is 1.42. The number of allylic oxidation sites excluding steroid dienone is 2. The number of aromatic nitrogens is 1. The van der Waals surface area contributed by atoms with Crippen LogP contribution in [0.2, 0.25) is 0 Å². The molecule has 0 bridgehead atoms. The Morgan fingerprint density at radius 1 is 1.67 bits per heavy atom. The van der Waals surface area contributed by atoms with Crippen LogP contribution in [0, 0.1) is 6.58 Å². The molecule has 0 N–H and O–H groups in total. The Morgan fingerprint density at radius 3 is 3.11 bits per heavy atom. The third kappa shape index (κ3) is 1.82. The number of hydrogen-bond acceptors (Lipinski definition) is 2. The summed E-state index contributed by atoms with van der Waals surface area (Å²) in [7, 11) is 0. The highest BCUT2D eigenvalue weighted by atomic mass is 32.1. The summed E-state index contributed by atoms with van der Waals surface area (Å²) in [6, 6.07) is 0. The van der Waals surface area contributed by atoms with Crippen LogP contribution in [0.1, 0.15) is 5.01 Å². The van der Waals surface area contributed by atoms with Crippen LogP contribution >= 0.6 is 11.3 Å². The second kappa shape index (κ2) is 3.20. The maximum absolute atomic E-state index is 5.11. The third-order valence-electron chi connectivity index (χ3n) is 0.801. The first-order valence-electron chi connectivity index (χ1n) is 2.54. The molecule has 0 aromatic carbocycles. The quantitative estimate of drug-likeness (QED) is 0.568. The zero-order chi connectivity index (χ0) is 6.53. The molecule has 1 aromatic heterocycles. The Labute approximate surface area is 58.4 Å². The van der Waals surface area contributed by atoms with Crippen molar-refractivity contribution in [1.29, 1.82) is 0 Å². The molecule has 0 aliphatic heterocycles. The Hall–Kier alpha value is -0.890. The minimum Gasteiger partial charge on any atom is -0.245 e. The normalized spacial score (nSPS) is 10.2. The molecule has 1 rings (SSSR count). The lowest BCUT2D eigenvalue weighted by atomic mass is 10.5. The van der Waals surface area contributed by atoms with E-state index >= 15 is 0 Å². The van der Waals surface area contributed by atoms with Gasteiger partial charge in [0.2, 0.25) is 0 Å². The van der Waals surface area contributed by atoms with E-state index in [0.29, 0.717) is 0 Å². The van der Waals surface area contributed by atoms with Gasteiger partial charge in [-0.2, -0.15) is 0 Å². The zero-order valence-corrected chi connectivity index (χ0v) is 5.64. The summed E-state index contributed by atoms with van der Waals surface area (Å²) in [5.41, 5.74) is 0. The van der Waals surface area contributed by atoms with Crippen molar-refractivity contribution in [2.24, 2.45) is 0 Å². The van der Waals surface area contributed by atoms with Crippen LogP contribution in [0.5, 0.6) is 0 Å². The first-order valence-corrected chi connectivity index (χ1v) is 3.42. The van der Waals surface area contributed by atoms with Gasteiger partial charge in [0.05, 0.1) is 0 Å². The summed E-state index contributed by atoms with van der Waals surface area (Å²) in [6.45, 7) is 5.11. The van der Waals surface area contributed by atoms with E-state index in [1.165, 1.54) is 6.08 Å². The van der Waals surface area contributed by atoms with Gasteiger partial charge >= 0.3 is 0 Å². The average Bonchev–Trinajstić information content (AvgIpc) is 2.34. The molecule has 2 heteroatoms. The SMILES string of the molecule is [CH]=C/C=C/c1nccs1. The van der Waals surface area contributed by atoms with Gasteiger partial charge in [-0.15, -0.1) is 11.3 Å². The van der Waals surface area contributed by atoms with Crippen LogP contribution in [0.25, 0.3) is 6.08 Å². The maximum Gasteiger partial charge on any atom is 0.115 e. The Balaban J connectivity index is 2.67. The van der Waals surface area contributed by atoms with Gasteiger partial charge in [0.25, 0.3) is 0 Å². The molecule has 1 nitrogen and oxygen atoms in total. The van der Waals surface area contributed by atoms with E-state index in [1.54, 1.807) is 23.6 Å². The molecule has 0 aliphatic carbocycles. The summed E-state index contributed by atoms with van der Waals surface area (Å²) >= 11 is 1.59. The van der Waals surface area contributed by atoms with Crippen LogP contribution in [-0.4, -0.2) is 4.98 Å². The third-order valence-corrected chi connectivity index (χ3v) is 1.54. The van der Waals surface area contributed by atoms with E-state index in [0.717, 1.165) is 5.01 Å². The fourth-order valence-electron chi connectivity index (χ4n) is 0.455. The molecule has 1 radical (unpaired) electrons. The molecule has 0 saturated heterocycles. The summed E-state index contributed by atoms with van der Waals surface area (Å²) in [5, 5.41) is 2.91. The average molecular weight is 136 g/mol. The monoisotopic (exact) mass is 136 g/mol. The van der Waals surface area contributed by atoms with Crippen LogP contribution in [-0.2, 0) is 0 Å². The lowest BCUT2D eigenvalue weighted by Crippen LogP contribution is -1.61. The molecule has 1 aromatic rings. The van der Waals surface area contributed by atoms with Crippen molar-refractivity contribution in [1.82, 2.24) is 4.98 Å². The molecule has 0 atom stereocenters. The number of nitrogens with zero attached hydrogens (tertiary/aromatic N) is 1. The highest BCUT2D eigenvalue weighted by Crippen LogP contribution is 2.04. The van der Waals surface area contributed by atoms with Crippen molar-refractivity contribution in [2.45, 2.75) is 0 Å². The van der Waals surface area contributed by atoms with Crippen molar-refractivity contribution in [2.75, 3.05) is 0 Å². The first-order chi connectivity index (χ1) is 4.43. The van der Waals surface area contributed by atoms with Gasteiger partial charge in [-0.1, -0.05) is 18.7 Å². The van der Waals surface area contributed by atoms with Crippen LogP contribution in [0.3, 0.4) is 0 Å². The molecule has 0 amide bonds. The largest absolute Gasteiger partial charge is 0.245 e. The molecule has 45 valence electrons. The highest BCUT2D eigenvalue weighted by molar-refractivity contribution is 7.10. The smallest absolute Gasteiger partial charge is 0.115 e. The van der Waals surface area contributed by atoms with E-state index in [4.69, 9.17) is 6.58 Å². The van der Waals surface area contributed by atoms with Gasteiger partial charge in [0.1, 0.15) is 5.01 Å². The first kappa shape index (κ1) is 6.23. The van der Waals surface area contributed by atoms with Gasteiger partial charge < -0.3 is 0 Å². The Kier molecular flexibility index (Phi) is 2.22. The molecule has 0 saturated carbocycles. The molecule has 0 spiro atoms. The van der Waals surface area contributed by atoms with Crippen molar-refractivity contribution in [3.8, 4) is 0 Å². The van der Waals surface area contributed by atoms with Gasteiger partial charge in [-0.25, -0.2) is 4.98 Å². The minimum atomic E-state index is 0.983. The summed E-state index contributed by atoms with van der Waals surface area (Å²) < 4.78 is 0. The van der Waals surface area contributed by atoms with Crippen molar-refractivity contribution in [3.05, 3.63) is 35.3 Å². The number of thiazole rings is 1.